The molecule has 0 aliphatic carbocycles. The molecule has 2 nitrogen and oxygen atoms in total. The highest BCUT2D eigenvalue weighted by Gasteiger charge is 2.07. The van der Waals surface area contributed by atoms with Crippen LogP contribution < -0.4 is 5.73 Å². The molecule has 0 spiro atoms. The van der Waals surface area contributed by atoms with E-state index < -0.39 is 0 Å². The molecule has 0 amide bonds. The maximum absolute atomic E-state index is 5.36. The van der Waals surface area contributed by atoms with Crippen molar-refractivity contribution in [3.05, 3.63) is 6.92 Å². The molecule has 2 N–H and O–H groups in total. The average Bonchev–Trinajstić information content (AvgIpc) is 2.43. The SMILES string of the molecule is NCN1CCCC1.[CH2]C. The van der Waals surface area contributed by atoms with Crippen molar-refractivity contribution in [2.24, 2.45) is 5.73 Å². The van der Waals surface area contributed by atoms with Gasteiger partial charge in [0.05, 0.1) is 0 Å². The zero-order chi connectivity index (χ0) is 7.11. The summed E-state index contributed by atoms with van der Waals surface area (Å²) < 4.78 is 0. The lowest BCUT2D eigenvalue weighted by Gasteiger charge is -2.08. The largest absolute Gasteiger partial charge is 0.318 e. The van der Waals surface area contributed by atoms with Crippen LogP contribution in [-0.4, -0.2) is 24.7 Å². The predicted octanol–water partition coefficient (Wildman–Crippen LogP) is 0.839. The molecule has 0 aromatic carbocycles. The lowest BCUT2D eigenvalue weighted by Crippen LogP contribution is -2.26. The van der Waals surface area contributed by atoms with E-state index in [1.54, 1.807) is 6.92 Å². The van der Waals surface area contributed by atoms with Gasteiger partial charge in [0.15, 0.2) is 0 Å². The van der Waals surface area contributed by atoms with Gasteiger partial charge in [0.2, 0.25) is 0 Å². The first kappa shape index (κ1) is 8.92. The second-order valence-corrected chi connectivity index (χ2v) is 2.01. The van der Waals surface area contributed by atoms with E-state index in [1.165, 1.54) is 25.9 Å². The topological polar surface area (TPSA) is 29.3 Å². The van der Waals surface area contributed by atoms with Crippen LogP contribution in [0.15, 0.2) is 0 Å². The maximum Gasteiger partial charge on any atom is 0.0455 e. The minimum Gasteiger partial charge on any atom is -0.318 e. The number of likely N-dealkylation sites (tertiary alicyclic amines) is 1. The van der Waals surface area contributed by atoms with E-state index in [4.69, 9.17) is 5.73 Å². The van der Waals surface area contributed by atoms with E-state index in [0.29, 0.717) is 0 Å². The van der Waals surface area contributed by atoms with Crippen molar-refractivity contribution in [2.75, 3.05) is 19.8 Å². The van der Waals surface area contributed by atoms with E-state index in [-0.39, 0.29) is 0 Å². The molecule has 0 bridgehead atoms. The molecule has 1 fully saturated rings. The highest BCUT2D eigenvalue weighted by Crippen LogP contribution is 2.03. The Labute approximate surface area is 58.0 Å². The van der Waals surface area contributed by atoms with Crippen LogP contribution in [0.25, 0.3) is 0 Å². The number of hydrogen-bond donors (Lipinski definition) is 1. The van der Waals surface area contributed by atoms with Gasteiger partial charge in [-0.1, -0.05) is 13.8 Å². The van der Waals surface area contributed by atoms with Gasteiger partial charge in [0, 0.05) is 6.67 Å². The van der Waals surface area contributed by atoms with E-state index in [2.05, 4.69) is 11.8 Å². The molecule has 0 aromatic rings. The fourth-order valence-corrected chi connectivity index (χ4v) is 0.965. The minimum atomic E-state index is 0.750. The van der Waals surface area contributed by atoms with Crippen LogP contribution in [0.5, 0.6) is 0 Å². The van der Waals surface area contributed by atoms with Crippen LogP contribution in [0.3, 0.4) is 0 Å². The van der Waals surface area contributed by atoms with Gasteiger partial charge in [-0.15, -0.1) is 0 Å². The summed E-state index contributed by atoms with van der Waals surface area (Å²) in [5.74, 6) is 0. The van der Waals surface area contributed by atoms with Crippen LogP contribution in [0, 0.1) is 6.92 Å². The molecule has 1 rings (SSSR count). The summed E-state index contributed by atoms with van der Waals surface area (Å²) in [4.78, 5) is 2.26. The van der Waals surface area contributed by atoms with Gasteiger partial charge >= 0.3 is 0 Å². The van der Waals surface area contributed by atoms with Crippen molar-refractivity contribution in [1.29, 1.82) is 0 Å². The van der Waals surface area contributed by atoms with E-state index in [9.17, 15) is 0 Å². The summed E-state index contributed by atoms with van der Waals surface area (Å²) in [5.41, 5.74) is 5.36. The van der Waals surface area contributed by atoms with Crippen molar-refractivity contribution in [3.8, 4) is 0 Å². The van der Waals surface area contributed by atoms with Gasteiger partial charge in [-0.05, 0) is 25.9 Å². The lowest BCUT2D eigenvalue weighted by atomic mass is 10.4. The quantitative estimate of drug-likeness (QED) is 0.568. The van der Waals surface area contributed by atoms with Crippen LogP contribution in [-0.2, 0) is 0 Å². The van der Waals surface area contributed by atoms with Crippen LogP contribution >= 0.6 is 0 Å². The Morgan fingerprint density at radius 3 is 2.00 bits per heavy atom. The van der Waals surface area contributed by atoms with Crippen molar-refractivity contribution < 1.29 is 0 Å². The molecule has 0 unspecified atom stereocenters. The standard InChI is InChI=1S/C5H12N2.C2H5/c6-5-7-3-1-2-4-7;1-2/h1-6H2;1H2,2H3. The number of rotatable bonds is 1. The Hall–Kier alpha value is -0.0800. The summed E-state index contributed by atoms with van der Waals surface area (Å²) in [6, 6.07) is 0. The fraction of sp³-hybridized carbons (Fsp3) is 0.857. The Morgan fingerprint density at radius 2 is 1.78 bits per heavy atom. The van der Waals surface area contributed by atoms with Gasteiger partial charge in [-0.3, -0.25) is 4.90 Å². The van der Waals surface area contributed by atoms with Crippen LogP contribution in [0.4, 0.5) is 0 Å². The molecular formula is C7H17N2. The number of nitrogens with two attached hydrogens (primary N) is 1. The van der Waals surface area contributed by atoms with Crippen molar-refractivity contribution in [3.63, 3.8) is 0 Å². The van der Waals surface area contributed by atoms with Crippen LogP contribution in [0.2, 0.25) is 0 Å². The molecule has 1 aliphatic heterocycles. The summed E-state index contributed by atoms with van der Waals surface area (Å²) in [7, 11) is 0. The first-order chi connectivity index (χ1) is 4.43. The van der Waals surface area contributed by atoms with E-state index >= 15 is 0 Å². The molecule has 0 aromatic heterocycles. The third-order valence-electron chi connectivity index (χ3n) is 1.46. The number of nitrogens with zero attached hydrogens (tertiary/aromatic N) is 1. The van der Waals surface area contributed by atoms with E-state index in [0.717, 1.165) is 6.67 Å². The summed E-state index contributed by atoms with van der Waals surface area (Å²) in [5, 5.41) is 0. The second kappa shape index (κ2) is 6.05. The van der Waals surface area contributed by atoms with Gasteiger partial charge in [-0.25, -0.2) is 0 Å². The molecule has 2 heteroatoms. The Bertz CT molecular complexity index is 48.9. The first-order valence-corrected chi connectivity index (χ1v) is 3.56. The Balaban J connectivity index is 0.000000291. The highest BCUT2D eigenvalue weighted by atomic mass is 15.2. The highest BCUT2D eigenvalue weighted by molar-refractivity contribution is 4.62. The summed E-state index contributed by atoms with van der Waals surface area (Å²) >= 11 is 0. The smallest absolute Gasteiger partial charge is 0.0455 e. The Kier molecular flexibility index (Phi) is 5.99. The van der Waals surface area contributed by atoms with Crippen LogP contribution in [0.1, 0.15) is 19.8 Å². The van der Waals surface area contributed by atoms with Gasteiger partial charge in [0.25, 0.3) is 0 Å². The Morgan fingerprint density at radius 1 is 1.33 bits per heavy atom. The molecule has 1 radical (unpaired) electrons. The monoisotopic (exact) mass is 129 g/mol. The molecule has 0 saturated carbocycles. The van der Waals surface area contributed by atoms with Gasteiger partial charge in [-0.2, -0.15) is 0 Å². The molecule has 1 saturated heterocycles. The second-order valence-electron chi connectivity index (χ2n) is 2.01. The molecular weight excluding hydrogens is 112 g/mol. The summed E-state index contributed by atoms with van der Waals surface area (Å²) in [6.45, 7) is 8.19. The molecule has 55 valence electrons. The fourth-order valence-electron chi connectivity index (χ4n) is 0.965. The number of hydrogen-bond acceptors (Lipinski definition) is 2. The predicted molar refractivity (Wildman–Crippen MR) is 40.9 cm³/mol. The summed E-state index contributed by atoms with van der Waals surface area (Å²) in [6.07, 6.45) is 2.69. The molecule has 0 atom stereocenters. The van der Waals surface area contributed by atoms with E-state index in [1.807, 2.05) is 0 Å². The average molecular weight is 129 g/mol. The van der Waals surface area contributed by atoms with Crippen molar-refractivity contribution in [1.82, 2.24) is 4.90 Å². The third kappa shape index (κ3) is 3.49. The zero-order valence-electron chi connectivity index (χ0n) is 6.27. The first-order valence-electron chi connectivity index (χ1n) is 3.56. The van der Waals surface area contributed by atoms with Gasteiger partial charge in [0.1, 0.15) is 0 Å². The normalized spacial score (nSPS) is 19.0. The lowest BCUT2D eigenvalue weighted by molar-refractivity contribution is 0.350. The van der Waals surface area contributed by atoms with Gasteiger partial charge < -0.3 is 5.73 Å². The molecule has 1 aliphatic rings. The molecule has 9 heavy (non-hydrogen) atoms. The minimum absolute atomic E-state index is 0.750. The van der Waals surface area contributed by atoms with Crippen molar-refractivity contribution >= 4 is 0 Å². The zero-order valence-corrected chi connectivity index (χ0v) is 6.27. The van der Waals surface area contributed by atoms with Crippen molar-refractivity contribution in [2.45, 2.75) is 19.8 Å². The maximum atomic E-state index is 5.36. The molecule has 1 heterocycles. The third-order valence-corrected chi connectivity index (χ3v) is 1.46.